The lowest BCUT2D eigenvalue weighted by Crippen LogP contribution is -2.15. The Kier molecular flexibility index (Phi) is 8.85. The van der Waals surface area contributed by atoms with Crippen molar-refractivity contribution in [3.8, 4) is 0 Å². The van der Waals surface area contributed by atoms with E-state index in [4.69, 9.17) is 5.21 Å². The highest BCUT2D eigenvalue weighted by Gasteiger charge is 2.05. The zero-order valence-electron chi connectivity index (χ0n) is 8.13. The fourth-order valence-electron chi connectivity index (χ4n) is 1.15. The highest BCUT2D eigenvalue weighted by atomic mass is 127. The smallest absolute Gasteiger partial charge is 0.255 e. The van der Waals surface area contributed by atoms with E-state index in [0.29, 0.717) is 9.70 Å². The molecule has 3 nitrogen and oxygen atoms in total. The summed E-state index contributed by atoms with van der Waals surface area (Å²) in [6, 6.07) is 0. The van der Waals surface area contributed by atoms with Gasteiger partial charge in [0, 0.05) is 6.42 Å². The van der Waals surface area contributed by atoms with E-state index >= 15 is 0 Å². The van der Waals surface area contributed by atoms with Crippen molar-refractivity contribution >= 4 is 28.8 Å². The third-order valence-corrected chi connectivity index (χ3v) is 2.49. The maximum Gasteiger partial charge on any atom is 0.255 e. The summed E-state index contributed by atoms with van der Waals surface area (Å²) in [6.45, 7) is 2.18. The van der Waals surface area contributed by atoms with Crippen LogP contribution in [0.1, 0.15) is 51.9 Å². The Hall–Kier alpha value is 0.160. The summed E-state index contributed by atoms with van der Waals surface area (Å²) in [6.07, 6.45) is 7.44. The maximum absolute atomic E-state index is 10.9. The van der Waals surface area contributed by atoms with Gasteiger partial charge in [-0.3, -0.25) is 10.0 Å². The molecule has 0 fully saturated rings. The van der Waals surface area contributed by atoms with Gasteiger partial charge in [-0.1, -0.05) is 39.0 Å². The molecule has 0 aromatic rings. The van der Waals surface area contributed by atoms with E-state index in [9.17, 15) is 4.79 Å². The lowest BCUT2D eigenvalue weighted by Gasteiger charge is -2.04. The predicted octanol–water partition coefficient (Wildman–Crippen LogP) is 3.30. The maximum atomic E-state index is 10.9. The molecule has 0 atom stereocenters. The molecule has 0 aromatic heterocycles. The molecule has 0 aliphatic rings. The summed E-state index contributed by atoms with van der Waals surface area (Å²) >= 11 is 1.58. The number of unbranched alkanes of at least 4 members (excludes halogenated alkanes) is 5. The number of carbonyl (C=O) groups is 1. The summed E-state index contributed by atoms with van der Waals surface area (Å²) in [7, 11) is 0. The third-order valence-electron chi connectivity index (χ3n) is 1.95. The second kappa shape index (κ2) is 8.74. The minimum atomic E-state index is -0.198. The Labute approximate surface area is 93.9 Å². The van der Waals surface area contributed by atoms with Gasteiger partial charge in [0.05, 0.1) is 22.9 Å². The van der Waals surface area contributed by atoms with E-state index in [1.54, 1.807) is 22.9 Å². The molecular formula is C9H18INO2. The molecule has 0 unspecified atom stereocenters. The van der Waals surface area contributed by atoms with E-state index in [-0.39, 0.29) is 5.91 Å². The van der Waals surface area contributed by atoms with Gasteiger partial charge in [0.25, 0.3) is 5.91 Å². The van der Waals surface area contributed by atoms with Crippen molar-refractivity contribution < 1.29 is 10.0 Å². The average molecular weight is 299 g/mol. The number of hydrogen-bond acceptors (Lipinski definition) is 2. The second-order valence-electron chi connectivity index (χ2n) is 3.17. The van der Waals surface area contributed by atoms with Crippen LogP contribution in [0.5, 0.6) is 0 Å². The molecule has 0 radical (unpaired) electrons. The van der Waals surface area contributed by atoms with Crippen LogP contribution in [0.15, 0.2) is 0 Å². The van der Waals surface area contributed by atoms with Crippen LogP contribution in [0, 0.1) is 0 Å². The predicted molar refractivity (Wildman–Crippen MR) is 60.6 cm³/mol. The number of rotatable bonds is 7. The topological polar surface area (TPSA) is 40.5 Å². The van der Waals surface area contributed by atoms with E-state index < -0.39 is 0 Å². The van der Waals surface area contributed by atoms with Crippen LogP contribution in [-0.4, -0.2) is 14.4 Å². The molecule has 0 saturated carbocycles. The lowest BCUT2D eigenvalue weighted by molar-refractivity contribution is -0.141. The Morgan fingerprint density at radius 2 is 1.77 bits per heavy atom. The van der Waals surface area contributed by atoms with E-state index in [2.05, 4.69) is 6.92 Å². The molecule has 0 saturated heterocycles. The molecule has 0 rings (SSSR count). The Morgan fingerprint density at radius 1 is 1.23 bits per heavy atom. The van der Waals surface area contributed by atoms with E-state index in [1.807, 2.05) is 0 Å². The number of hydroxylamine groups is 1. The average Bonchev–Trinajstić information content (AvgIpc) is 2.10. The molecule has 0 spiro atoms. The summed E-state index contributed by atoms with van der Waals surface area (Å²) in [5.41, 5.74) is 0. The van der Waals surface area contributed by atoms with Crippen LogP contribution in [0.4, 0.5) is 0 Å². The van der Waals surface area contributed by atoms with Gasteiger partial charge in [-0.25, -0.2) is 0 Å². The summed E-state index contributed by atoms with van der Waals surface area (Å²) in [5, 5.41) is 8.73. The molecule has 13 heavy (non-hydrogen) atoms. The number of nitrogens with zero attached hydrogens (tertiary/aromatic N) is 1. The molecule has 4 heteroatoms. The zero-order chi connectivity index (χ0) is 10.1. The molecule has 0 aliphatic heterocycles. The van der Waals surface area contributed by atoms with Crippen molar-refractivity contribution in [2.24, 2.45) is 0 Å². The lowest BCUT2D eigenvalue weighted by atomic mass is 10.1. The third kappa shape index (κ3) is 8.49. The van der Waals surface area contributed by atoms with Crippen molar-refractivity contribution in [2.45, 2.75) is 51.9 Å². The van der Waals surface area contributed by atoms with Crippen LogP contribution in [0.25, 0.3) is 0 Å². The molecule has 0 heterocycles. The first-order valence-electron chi connectivity index (χ1n) is 4.86. The van der Waals surface area contributed by atoms with Crippen molar-refractivity contribution in [1.82, 2.24) is 3.28 Å². The van der Waals surface area contributed by atoms with Gasteiger partial charge in [-0.2, -0.15) is 3.28 Å². The van der Waals surface area contributed by atoms with Crippen molar-refractivity contribution in [2.75, 3.05) is 0 Å². The molecule has 0 aromatic carbocycles. The zero-order valence-corrected chi connectivity index (χ0v) is 10.3. The van der Waals surface area contributed by atoms with Crippen molar-refractivity contribution in [3.05, 3.63) is 0 Å². The fraction of sp³-hybridized carbons (Fsp3) is 0.889. The molecule has 78 valence electrons. The van der Waals surface area contributed by atoms with Crippen LogP contribution in [-0.2, 0) is 4.79 Å². The summed E-state index contributed by atoms with van der Waals surface area (Å²) < 4.78 is 0.643. The quantitative estimate of drug-likeness (QED) is 0.258. The SMILES string of the molecule is CCCCCCCCC(=O)N(O)I. The first-order chi connectivity index (χ1) is 6.18. The van der Waals surface area contributed by atoms with Crippen molar-refractivity contribution in [1.29, 1.82) is 0 Å². The van der Waals surface area contributed by atoms with Gasteiger partial charge in [0.2, 0.25) is 0 Å². The number of hydrogen-bond donors (Lipinski definition) is 1. The first kappa shape index (κ1) is 13.2. The standard InChI is InChI=1S/C9H18INO2/c1-2-3-4-5-6-7-8-9(12)11(10)13/h13H,2-8H2,1H3. The minimum Gasteiger partial charge on any atom is -0.276 e. The summed E-state index contributed by atoms with van der Waals surface area (Å²) in [4.78, 5) is 10.9. The van der Waals surface area contributed by atoms with E-state index in [0.717, 1.165) is 12.8 Å². The largest absolute Gasteiger partial charge is 0.276 e. The highest BCUT2D eigenvalue weighted by molar-refractivity contribution is 14.1. The molecule has 1 N–H and O–H groups in total. The van der Waals surface area contributed by atoms with Gasteiger partial charge >= 0.3 is 0 Å². The molecule has 0 aliphatic carbocycles. The minimum absolute atomic E-state index is 0.198. The van der Waals surface area contributed by atoms with Gasteiger partial charge in [-0.15, -0.1) is 0 Å². The number of carbonyl (C=O) groups excluding carboxylic acids is 1. The van der Waals surface area contributed by atoms with Gasteiger partial charge in [-0.05, 0) is 6.42 Å². The van der Waals surface area contributed by atoms with Gasteiger partial charge in [0.15, 0.2) is 0 Å². The van der Waals surface area contributed by atoms with Crippen LogP contribution < -0.4 is 0 Å². The van der Waals surface area contributed by atoms with Crippen molar-refractivity contribution in [3.63, 3.8) is 0 Å². The molecule has 0 bridgehead atoms. The molecular weight excluding hydrogens is 281 g/mol. The highest BCUT2D eigenvalue weighted by Crippen LogP contribution is 2.08. The monoisotopic (exact) mass is 299 g/mol. The summed E-state index contributed by atoms with van der Waals surface area (Å²) in [5.74, 6) is -0.198. The number of halogens is 1. The fourth-order valence-corrected chi connectivity index (χ4v) is 1.39. The van der Waals surface area contributed by atoms with Gasteiger partial charge < -0.3 is 0 Å². The number of amides is 1. The normalized spacial score (nSPS) is 10.1. The molecule has 1 amide bonds. The Morgan fingerprint density at radius 3 is 2.31 bits per heavy atom. The van der Waals surface area contributed by atoms with Crippen LogP contribution in [0.3, 0.4) is 0 Å². The van der Waals surface area contributed by atoms with E-state index in [1.165, 1.54) is 25.7 Å². The van der Waals surface area contributed by atoms with Crippen LogP contribution >= 0.6 is 22.9 Å². The Bertz CT molecular complexity index is 140. The van der Waals surface area contributed by atoms with Gasteiger partial charge in [0.1, 0.15) is 0 Å². The van der Waals surface area contributed by atoms with Crippen LogP contribution in [0.2, 0.25) is 0 Å². The second-order valence-corrected chi connectivity index (χ2v) is 4.09. The first-order valence-corrected chi connectivity index (χ1v) is 5.82. The Balaban J connectivity index is 3.12.